The highest BCUT2D eigenvalue weighted by Crippen LogP contribution is 2.30. The van der Waals surface area contributed by atoms with Gasteiger partial charge in [-0.15, -0.1) is 10.2 Å². The van der Waals surface area contributed by atoms with Crippen LogP contribution in [0, 0.1) is 55.4 Å². The number of aromatic nitrogens is 14. The van der Waals surface area contributed by atoms with E-state index in [0.717, 1.165) is 90.6 Å². The first-order valence-electron chi connectivity index (χ1n) is 36.0. The maximum Gasteiger partial charge on any atom is 0.147 e. The molecule has 0 unspecified atom stereocenters. The van der Waals surface area contributed by atoms with Crippen molar-refractivity contribution >= 4 is 0 Å². The monoisotopic (exact) mass is 1430 g/mol. The molecule has 0 aliphatic rings. The van der Waals surface area contributed by atoms with Crippen molar-refractivity contribution < 1.29 is 0 Å². The largest absolute Gasteiger partial charge is 0.262 e. The van der Waals surface area contributed by atoms with Crippen molar-refractivity contribution in [3.63, 3.8) is 0 Å². The van der Waals surface area contributed by atoms with Crippen molar-refractivity contribution in [1.82, 2.24) is 70.2 Å². The van der Waals surface area contributed by atoms with Gasteiger partial charge in [-0.1, -0.05) is 235 Å². The lowest BCUT2D eigenvalue weighted by Gasteiger charge is -2.09. The molecule has 0 saturated heterocycles. The van der Waals surface area contributed by atoms with E-state index in [0.29, 0.717) is 5.82 Å². The normalized spacial score (nSPS) is 10.0. The van der Waals surface area contributed by atoms with Gasteiger partial charge in [0.1, 0.15) is 12.2 Å². The quantitative estimate of drug-likeness (QED) is 0.133. The van der Waals surface area contributed by atoms with Crippen LogP contribution in [0.15, 0.2) is 377 Å². The molecule has 0 amide bonds. The van der Waals surface area contributed by atoms with E-state index >= 15 is 0 Å². The molecule has 0 atom stereocenters. The highest BCUT2D eigenvalue weighted by Gasteiger charge is 2.11. The van der Waals surface area contributed by atoms with Crippen molar-refractivity contribution in [3.8, 4) is 101 Å². The Hall–Kier alpha value is -14.2. The number of nitrogens with zero attached hydrogens (tertiary/aromatic N) is 14. The Bertz CT molecular complexity index is 5110. The Kier molecular flexibility index (Phi) is 30.4. The van der Waals surface area contributed by atoms with Crippen molar-refractivity contribution in [2.75, 3.05) is 0 Å². The average Bonchev–Trinajstić information content (AvgIpc) is 0.809. The van der Waals surface area contributed by atoms with Crippen LogP contribution in [0.2, 0.25) is 0 Å². The number of pyridine rings is 8. The van der Waals surface area contributed by atoms with Gasteiger partial charge in [0, 0.05) is 76.4 Å². The van der Waals surface area contributed by atoms with E-state index in [4.69, 9.17) is 9.97 Å². The first kappa shape index (κ1) is 78.4. The van der Waals surface area contributed by atoms with Gasteiger partial charge >= 0.3 is 0 Å². The van der Waals surface area contributed by atoms with Gasteiger partial charge in [-0.2, -0.15) is 10.2 Å². The summed E-state index contributed by atoms with van der Waals surface area (Å²) in [4.78, 5) is 43.2. The summed E-state index contributed by atoms with van der Waals surface area (Å²) in [7, 11) is 0. The molecule has 0 fully saturated rings. The maximum absolute atomic E-state index is 4.79. The first-order valence-corrected chi connectivity index (χ1v) is 36.0. The van der Waals surface area contributed by atoms with Crippen LogP contribution in [0.4, 0.5) is 0 Å². The second-order valence-corrected chi connectivity index (χ2v) is 25.3. The van der Waals surface area contributed by atoms with Crippen LogP contribution >= 0.6 is 0 Å². The Morgan fingerprint density at radius 1 is 0.191 bits per heavy atom. The molecule has 10 aromatic heterocycles. The van der Waals surface area contributed by atoms with Crippen LogP contribution in [-0.2, 0) is 0 Å². The van der Waals surface area contributed by atoms with Gasteiger partial charge in [0.15, 0.2) is 0 Å². The molecule has 7 aromatic carbocycles. The molecule has 17 aromatic rings. The van der Waals surface area contributed by atoms with Gasteiger partial charge in [0.25, 0.3) is 0 Å². The molecule has 14 nitrogen and oxygen atoms in total. The highest BCUT2D eigenvalue weighted by atomic mass is 15.1. The molecule has 17 rings (SSSR count). The van der Waals surface area contributed by atoms with E-state index in [2.05, 4.69) is 240 Å². The molecule has 0 N–H and O–H groups in total. The molecule has 0 aliphatic heterocycles. The highest BCUT2D eigenvalue weighted by molar-refractivity contribution is 5.75. The van der Waals surface area contributed by atoms with Crippen molar-refractivity contribution in [2.24, 2.45) is 0 Å². The molecular weight excluding hydrogens is 1350 g/mol. The minimum atomic E-state index is 0.711. The summed E-state index contributed by atoms with van der Waals surface area (Å²) in [6.07, 6.45) is 15.3. The third-order valence-corrected chi connectivity index (χ3v) is 16.3. The topological polar surface area (TPSA) is 180 Å². The van der Waals surface area contributed by atoms with Crippen molar-refractivity contribution in [2.45, 2.75) is 55.4 Å². The first-order chi connectivity index (χ1) is 53.8. The Labute approximate surface area is 645 Å². The predicted octanol–water partition coefficient (Wildman–Crippen LogP) is 22.5. The summed E-state index contributed by atoms with van der Waals surface area (Å²) in [5.74, 6) is 0.711. The summed E-state index contributed by atoms with van der Waals surface area (Å²) in [6, 6.07) is 109. The lowest BCUT2D eigenvalue weighted by atomic mass is 10.0. The molecule has 14 heteroatoms. The minimum Gasteiger partial charge on any atom is -0.262 e. The fraction of sp³-hybridized carbons (Fsp3) is 0.0833. The zero-order chi connectivity index (χ0) is 76.8. The van der Waals surface area contributed by atoms with Gasteiger partial charge in [0.2, 0.25) is 0 Å². The van der Waals surface area contributed by atoms with Crippen LogP contribution < -0.4 is 0 Å². The Balaban J connectivity index is 0.000000138. The number of benzene rings is 7. The molecule has 0 radical (unpaired) electrons. The lowest BCUT2D eigenvalue weighted by molar-refractivity contribution is 0.907. The number of rotatable bonds is 9. The van der Waals surface area contributed by atoms with Crippen LogP contribution in [-0.4, -0.2) is 70.2 Å². The summed E-state index contributed by atoms with van der Waals surface area (Å²) in [6.45, 7) is 16.0. The van der Waals surface area contributed by atoms with E-state index in [1.54, 1.807) is 37.9 Å². The van der Waals surface area contributed by atoms with Gasteiger partial charge < -0.3 is 0 Å². The third-order valence-electron chi connectivity index (χ3n) is 16.3. The fourth-order valence-electron chi connectivity index (χ4n) is 10.8. The SMILES string of the molecule is Cc1cc(-c2ccccc2)ccn1.Cc1cc(-c2ccccc2)nc(-c2ccccc2)c1.Cc1ccc(-c2cc(-c3ccccn3)nc(-c3ccccn3)c2)cc1.Cc1ccc(-c2ccccn2)cc1.Cc1cccc(-c2ccccc2)n1.Cc1cccc(-c2ccccn2)c1.Cc1cncnn1.Cc1nccnn1. The predicted molar refractivity (Wildman–Crippen MR) is 447 cm³/mol. The third kappa shape index (κ3) is 26.1. The zero-order valence-electron chi connectivity index (χ0n) is 63.1. The average molecular weight is 1440 g/mol. The molecule has 110 heavy (non-hydrogen) atoms. The summed E-state index contributed by atoms with van der Waals surface area (Å²) >= 11 is 0. The van der Waals surface area contributed by atoms with E-state index in [9.17, 15) is 0 Å². The number of hydrogen-bond donors (Lipinski definition) is 0. The van der Waals surface area contributed by atoms with Crippen LogP contribution in [0.5, 0.6) is 0 Å². The molecule has 0 spiro atoms. The van der Waals surface area contributed by atoms with Crippen molar-refractivity contribution in [1.29, 1.82) is 0 Å². The fourth-order valence-corrected chi connectivity index (χ4v) is 10.8. The maximum atomic E-state index is 4.79. The van der Waals surface area contributed by atoms with Gasteiger partial charge in [-0.3, -0.25) is 29.9 Å². The van der Waals surface area contributed by atoms with E-state index < -0.39 is 0 Å². The van der Waals surface area contributed by atoms with Gasteiger partial charge in [0.05, 0.1) is 69.3 Å². The number of hydrogen-bond acceptors (Lipinski definition) is 14. The second kappa shape index (κ2) is 42.6. The van der Waals surface area contributed by atoms with Crippen LogP contribution in [0.25, 0.3) is 101 Å². The lowest BCUT2D eigenvalue weighted by Crippen LogP contribution is -1.93. The molecule has 540 valence electrons. The van der Waals surface area contributed by atoms with E-state index in [-0.39, 0.29) is 0 Å². The van der Waals surface area contributed by atoms with Gasteiger partial charge in [-0.25, -0.2) is 19.9 Å². The summed E-state index contributed by atoms with van der Waals surface area (Å²) in [5, 5.41) is 14.4. The minimum absolute atomic E-state index is 0.711. The Morgan fingerprint density at radius 2 is 0.627 bits per heavy atom. The second-order valence-electron chi connectivity index (χ2n) is 25.3. The van der Waals surface area contributed by atoms with Crippen molar-refractivity contribution in [3.05, 3.63) is 423 Å². The summed E-state index contributed by atoms with van der Waals surface area (Å²) < 4.78 is 0. The van der Waals surface area contributed by atoms with Crippen LogP contribution in [0.1, 0.15) is 45.2 Å². The number of aryl methyl sites for hydroxylation is 8. The van der Waals surface area contributed by atoms with E-state index in [1.165, 1.54) is 56.4 Å². The summed E-state index contributed by atoms with van der Waals surface area (Å²) in [5.41, 5.74) is 27.1. The smallest absolute Gasteiger partial charge is 0.147 e. The standard InChI is InChI=1S/C22H17N3.C18H15N.4C12H11N.2C4H5N3/c1-16-8-10-17(11-9-16)18-14-21(19-6-2-4-12-23-19)25-22(15-18)20-7-3-5-13-24-20;1-14-12-17(15-8-4-2-5-9-15)19-18(13-14)16-10-6-3-7-11-16;1-10-5-4-6-11(9-10)12-7-2-3-8-13-12;1-10-5-7-11(8-6-10)12-4-2-3-9-13-12;1-10-6-5-9-12(13-10)11-7-3-2-4-8-11;1-10-9-12(7-8-13-10)11-5-3-2-4-6-11;1-4-2-5-3-6-7-4;1-4-5-2-3-6-7-4/h2-15H,1H3;2-13H,1H3;4*2-9H,1H3;2*2-3H,1H3. The molecule has 10 heterocycles. The van der Waals surface area contributed by atoms with E-state index in [1.807, 2.05) is 209 Å². The molecule has 0 bridgehead atoms. The zero-order valence-corrected chi connectivity index (χ0v) is 63.1. The van der Waals surface area contributed by atoms with Crippen LogP contribution in [0.3, 0.4) is 0 Å². The Morgan fingerprint density at radius 3 is 1.05 bits per heavy atom. The molecule has 0 aliphatic carbocycles. The molecular formula is C96H86N14. The molecule has 0 saturated carbocycles. The van der Waals surface area contributed by atoms with Gasteiger partial charge in [-0.05, 0) is 186 Å².